The maximum Gasteiger partial charge on any atom is 0.119 e. The zero-order chi connectivity index (χ0) is 18.0. The molecule has 0 aliphatic carbocycles. The van der Waals surface area contributed by atoms with Crippen LogP contribution >= 0.6 is 0 Å². The van der Waals surface area contributed by atoms with E-state index in [9.17, 15) is 0 Å². The highest BCUT2D eigenvalue weighted by molar-refractivity contribution is 5.27. The zero-order valence-electron chi connectivity index (χ0n) is 16.4. The molecule has 0 bridgehead atoms. The van der Waals surface area contributed by atoms with Crippen molar-refractivity contribution in [2.75, 3.05) is 33.0 Å². The molecule has 0 spiro atoms. The summed E-state index contributed by atoms with van der Waals surface area (Å²) in [6.45, 7) is 7.78. The molecule has 0 unspecified atom stereocenters. The number of unbranched alkanes of at least 4 members (excludes halogenated alkanes) is 6. The van der Waals surface area contributed by atoms with Gasteiger partial charge in [0, 0.05) is 6.61 Å². The van der Waals surface area contributed by atoms with E-state index in [0.29, 0.717) is 26.4 Å². The Kier molecular flexibility index (Phi) is 14.4. The van der Waals surface area contributed by atoms with Crippen molar-refractivity contribution in [3.8, 4) is 5.75 Å². The first-order valence-electron chi connectivity index (χ1n) is 10.2. The van der Waals surface area contributed by atoms with Crippen molar-refractivity contribution in [2.24, 2.45) is 0 Å². The Bertz CT molecular complexity index is 389. The Morgan fingerprint density at radius 1 is 0.600 bits per heavy atom. The summed E-state index contributed by atoms with van der Waals surface area (Å²) in [5.74, 6) is 0.925. The number of aryl methyl sites for hydroxylation is 1. The van der Waals surface area contributed by atoms with E-state index in [2.05, 4.69) is 38.1 Å². The molecule has 0 fully saturated rings. The van der Waals surface area contributed by atoms with Gasteiger partial charge in [0.1, 0.15) is 12.4 Å². The molecule has 0 aromatic heterocycles. The van der Waals surface area contributed by atoms with Gasteiger partial charge in [0.05, 0.1) is 19.8 Å². The van der Waals surface area contributed by atoms with Gasteiger partial charge in [0.25, 0.3) is 0 Å². The highest BCUT2D eigenvalue weighted by atomic mass is 16.5. The van der Waals surface area contributed by atoms with E-state index in [4.69, 9.17) is 14.2 Å². The van der Waals surface area contributed by atoms with Gasteiger partial charge in [-0.2, -0.15) is 0 Å². The maximum absolute atomic E-state index is 5.71. The van der Waals surface area contributed by atoms with Crippen LogP contribution in [0.25, 0.3) is 0 Å². The molecule has 0 amide bonds. The smallest absolute Gasteiger partial charge is 0.119 e. The zero-order valence-corrected chi connectivity index (χ0v) is 16.4. The summed E-state index contributed by atoms with van der Waals surface area (Å²) in [7, 11) is 0. The van der Waals surface area contributed by atoms with Gasteiger partial charge in [0.2, 0.25) is 0 Å². The molecule has 0 radical (unpaired) electrons. The molecule has 0 saturated carbocycles. The third-order valence-electron chi connectivity index (χ3n) is 4.25. The lowest BCUT2D eigenvalue weighted by atomic mass is 10.0. The molecule has 1 aromatic carbocycles. The Balaban J connectivity index is 1.99. The predicted octanol–water partition coefficient (Wildman–Crippen LogP) is 5.80. The molecule has 0 N–H and O–H groups in total. The largest absolute Gasteiger partial charge is 0.491 e. The highest BCUT2D eigenvalue weighted by Crippen LogP contribution is 2.15. The predicted molar refractivity (Wildman–Crippen MR) is 106 cm³/mol. The highest BCUT2D eigenvalue weighted by Gasteiger charge is 1.97. The van der Waals surface area contributed by atoms with Gasteiger partial charge >= 0.3 is 0 Å². The van der Waals surface area contributed by atoms with Crippen molar-refractivity contribution >= 4 is 0 Å². The van der Waals surface area contributed by atoms with Crippen molar-refractivity contribution < 1.29 is 14.2 Å². The lowest BCUT2D eigenvalue weighted by molar-refractivity contribution is 0.0356. The van der Waals surface area contributed by atoms with Crippen LogP contribution in [0.1, 0.15) is 70.8 Å². The van der Waals surface area contributed by atoms with Crippen molar-refractivity contribution in [3.05, 3.63) is 29.8 Å². The summed E-state index contributed by atoms with van der Waals surface area (Å²) in [6, 6.07) is 8.51. The van der Waals surface area contributed by atoms with Crippen molar-refractivity contribution in [3.63, 3.8) is 0 Å². The van der Waals surface area contributed by atoms with Crippen molar-refractivity contribution in [2.45, 2.75) is 71.6 Å². The number of rotatable bonds is 17. The second-order valence-corrected chi connectivity index (χ2v) is 6.59. The fourth-order valence-electron chi connectivity index (χ4n) is 2.65. The Hall–Kier alpha value is -1.06. The Labute approximate surface area is 155 Å². The third-order valence-corrected chi connectivity index (χ3v) is 4.25. The minimum atomic E-state index is 0.589. The maximum atomic E-state index is 5.71. The standard InChI is InChI=1S/C22H38O3/c1-3-5-7-8-9-10-11-21-12-14-22(15-13-21)25-20-19-24-18-17-23-16-6-4-2/h12-15H,3-11,16-20H2,1-2H3. The molecule has 0 aliphatic rings. The molecule has 0 saturated heterocycles. The van der Waals surface area contributed by atoms with Crippen molar-refractivity contribution in [1.29, 1.82) is 0 Å². The van der Waals surface area contributed by atoms with Gasteiger partial charge in [-0.05, 0) is 37.0 Å². The molecule has 1 rings (SSSR count). The van der Waals surface area contributed by atoms with Gasteiger partial charge in [0.15, 0.2) is 0 Å². The lowest BCUT2D eigenvalue weighted by Gasteiger charge is -2.08. The average molecular weight is 351 g/mol. The number of hydrogen-bond donors (Lipinski definition) is 0. The van der Waals surface area contributed by atoms with E-state index >= 15 is 0 Å². The van der Waals surface area contributed by atoms with Gasteiger partial charge in [-0.1, -0.05) is 64.5 Å². The lowest BCUT2D eigenvalue weighted by Crippen LogP contribution is -2.11. The van der Waals surface area contributed by atoms with Crippen LogP contribution in [0.5, 0.6) is 5.75 Å². The van der Waals surface area contributed by atoms with Crippen LogP contribution in [0.2, 0.25) is 0 Å². The van der Waals surface area contributed by atoms with E-state index < -0.39 is 0 Å². The van der Waals surface area contributed by atoms with Crippen LogP contribution in [0.4, 0.5) is 0 Å². The van der Waals surface area contributed by atoms with Crippen LogP contribution in [0, 0.1) is 0 Å². The third kappa shape index (κ3) is 12.9. The molecule has 144 valence electrons. The second-order valence-electron chi connectivity index (χ2n) is 6.59. The van der Waals surface area contributed by atoms with Gasteiger partial charge in [-0.25, -0.2) is 0 Å². The van der Waals surface area contributed by atoms with E-state index in [1.54, 1.807) is 0 Å². The first-order valence-corrected chi connectivity index (χ1v) is 10.2. The Morgan fingerprint density at radius 3 is 1.92 bits per heavy atom. The molecule has 3 nitrogen and oxygen atoms in total. The summed E-state index contributed by atoms with van der Waals surface area (Å²) in [6.07, 6.45) is 11.6. The molecule has 0 aliphatic heterocycles. The first-order chi connectivity index (χ1) is 12.4. The minimum absolute atomic E-state index is 0.589. The van der Waals surface area contributed by atoms with Crippen LogP contribution in [0.3, 0.4) is 0 Å². The molecule has 0 heterocycles. The van der Waals surface area contributed by atoms with Crippen LogP contribution in [-0.4, -0.2) is 33.0 Å². The Morgan fingerprint density at radius 2 is 1.20 bits per heavy atom. The van der Waals surface area contributed by atoms with E-state index in [1.165, 1.54) is 56.9 Å². The van der Waals surface area contributed by atoms with Gasteiger partial charge in [-0.15, -0.1) is 0 Å². The quantitative estimate of drug-likeness (QED) is 0.332. The molecule has 25 heavy (non-hydrogen) atoms. The summed E-state index contributed by atoms with van der Waals surface area (Å²) in [4.78, 5) is 0. The van der Waals surface area contributed by atoms with E-state index in [0.717, 1.165) is 18.8 Å². The number of ether oxygens (including phenoxy) is 3. The fourth-order valence-corrected chi connectivity index (χ4v) is 2.65. The minimum Gasteiger partial charge on any atom is -0.491 e. The van der Waals surface area contributed by atoms with Crippen LogP contribution in [-0.2, 0) is 15.9 Å². The van der Waals surface area contributed by atoms with Gasteiger partial charge in [-0.3, -0.25) is 0 Å². The fraction of sp³-hybridized carbons (Fsp3) is 0.727. The number of benzene rings is 1. The van der Waals surface area contributed by atoms with E-state index in [-0.39, 0.29) is 0 Å². The monoisotopic (exact) mass is 350 g/mol. The van der Waals surface area contributed by atoms with Crippen LogP contribution in [0.15, 0.2) is 24.3 Å². The van der Waals surface area contributed by atoms with E-state index in [1.807, 2.05) is 0 Å². The van der Waals surface area contributed by atoms with Gasteiger partial charge < -0.3 is 14.2 Å². The molecular formula is C22H38O3. The van der Waals surface area contributed by atoms with Crippen LogP contribution < -0.4 is 4.74 Å². The first kappa shape index (κ1) is 22.0. The summed E-state index contributed by atoms with van der Waals surface area (Å²) in [5, 5.41) is 0. The second kappa shape index (κ2) is 16.4. The average Bonchev–Trinajstić information content (AvgIpc) is 2.64. The molecule has 3 heteroatoms. The van der Waals surface area contributed by atoms with Crippen molar-refractivity contribution in [1.82, 2.24) is 0 Å². The molecular weight excluding hydrogens is 312 g/mol. The summed E-state index contributed by atoms with van der Waals surface area (Å²) >= 11 is 0. The normalized spacial score (nSPS) is 11.0. The SMILES string of the molecule is CCCCCCCCc1ccc(OCCOCCOCCCC)cc1. The molecule has 0 atom stereocenters. The molecule has 1 aromatic rings. The summed E-state index contributed by atoms with van der Waals surface area (Å²) < 4.78 is 16.7. The number of hydrogen-bond acceptors (Lipinski definition) is 3. The topological polar surface area (TPSA) is 27.7 Å². The summed E-state index contributed by atoms with van der Waals surface area (Å²) in [5.41, 5.74) is 1.41.